The molecule has 4 rings (SSSR count). The van der Waals surface area contributed by atoms with Crippen molar-refractivity contribution < 1.29 is 4.79 Å². The normalized spacial score (nSPS) is 28.8. The SMILES string of the molecule is O=C(NCC1(N2CCSCC2)CCCC1)NC1CCN(C2CC2)CC1. The summed E-state index contributed by atoms with van der Waals surface area (Å²) in [5.74, 6) is 2.49. The first-order chi connectivity index (χ1) is 12.3. The van der Waals surface area contributed by atoms with E-state index in [0.29, 0.717) is 6.04 Å². The molecule has 5 nitrogen and oxygen atoms in total. The molecule has 2 saturated carbocycles. The number of thioether (sulfide) groups is 1. The molecule has 25 heavy (non-hydrogen) atoms. The molecule has 2 amide bonds. The van der Waals surface area contributed by atoms with Crippen molar-refractivity contribution in [1.82, 2.24) is 20.4 Å². The third kappa shape index (κ3) is 4.45. The van der Waals surface area contributed by atoms with Gasteiger partial charge in [-0.05, 0) is 38.5 Å². The predicted molar refractivity (Wildman–Crippen MR) is 104 cm³/mol. The summed E-state index contributed by atoms with van der Waals surface area (Å²) < 4.78 is 0. The summed E-state index contributed by atoms with van der Waals surface area (Å²) in [6.07, 6.45) is 10.1. The van der Waals surface area contributed by atoms with Gasteiger partial charge in [0.25, 0.3) is 0 Å². The number of nitrogens with one attached hydrogen (secondary N) is 2. The van der Waals surface area contributed by atoms with Gasteiger partial charge in [-0.2, -0.15) is 11.8 Å². The summed E-state index contributed by atoms with van der Waals surface area (Å²) in [6.45, 7) is 5.52. The Morgan fingerprint density at radius 2 is 1.68 bits per heavy atom. The summed E-state index contributed by atoms with van der Waals surface area (Å²) in [6, 6.07) is 1.28. The van der Waals surface area contributed by atoms with E-state index < -0.39 is 0 Å². The number of urea groups is 1. The number of hydrogen-bond donors (Lipinski definition) is 2. The van der Waals surface area contributed by atoms with Crippen LogP contribution >= 0.6 is 11.8 Å². The van der Waals surface area contributed by atoms with E-state index in [9.17, 15) is 4.79 Å². The molecule has 0 aromatic rings. The van der Waals surface area contributed by atoms with Crippen LogP contribution in [0.25, 0.3) is 0 Å². The minimum atomic E-state index is 0.0579. The van der Waals surface area contributed by atoms with Crippen molar-refractivity contribution in [2.24, 2.45) is 0 Å². The van der Waals surface area contributed by atoms with Crippen molar-refractivity contribution in [3.63, 3.8) is 0 Å². The summed E-state index contributed by atoms with van der Waals surface area (Å²) in [5.41, 5.74) is 0.230. The molecular weight excluding hydrogens is 332 g/mol. The Bertz CT molecular complexity index is 450. The number of piperidine rings is 1. The largest absolute Gasteiger partial charge is 0.336 e. The average molecular weight is 367 g/mol. The number of carbonyl (C=O) groups excluding carboxylic acids is 1. The monoisotopic (exact) mass is 366 g/mol. The lowest BCUT2D eigenvalue weighted by Gasteiger charge is -2.43. The molecule has 142 valence electrons. The van der Waals surface area contributed by atoms with Gasteiger partial charge in [-0.3, -0.25) is 4.90 Å². The van der Waals surface area contributed by atoms with E-state index in [2.05, 4.69) is 32.2 Å². The van der Waals surface area contributed by atoms with Crippen LogP contribution in [0.2, 0.25) is 0 Å². The topological polar surface area (TPSA) is 47.6 Å². The zero-order valence-corrected chi connectivity index (χ0v) is 16.3. The molecule has 0 bridgehead atoms. The van der Waals surface area contributed by atoms with Gasteiger partial charge in [0.05, 0.1) is 0 Å². The Labute approximate surface area is 156 Å². The van der Waals surface area contributed by atoms with Gasteiger partial charge in [0, 0.05) is 61.9 Å². The van der Waals surface area contributed by atoms with Gasteiger partial charge >= 0.3 is 6.03 Å². The smallest absolute Gasteiger partial charge is 0.315 e. The van der Waals surface area contributed by atoms with Crippen LogP contribution in [0.1, 0.15) is 51.4 Å². The van der Waals surface area contributed by atoms with Crippen LogP contribution in [0.15, 0.2) is 0 Å². The maximum absolute atomic E-state index is 12.5. The van der Waals surface area contributed by atoms with Crippen LogP contribution in [0, 0.1) is 0 Å². The fourth-order valence-electron chi connectivity index (χ4n) is 5.01. The van der Waals surface area contributed by atoms with Gasteiger partial charge in [-0.1, -0.05) is 12.8 Å². The fourth-order valence-corrected chi connectivity index (χ4v) is 5.91. The third-order valence-electron chi connectivity index (χ3n) is 6.72. The Morgan fingerprint density at radius 1 is 1.00 bits per heavy atom. The third-order valence-corrected chi connectivity index (χ3v) is 7.66. The van der Waals surface area contributed by atoms with Crippen LogP contribution in [0.4, 0.5) is 4.79 Å². The summed E-state index contributed by atoms with van der Waals surface area (Å²) in [5, 5.41) is 6.49. The summed E-state index contributed by atoms with van der Waals surface area (Å²) in [7, 11) is 0. The van der Waals surface area contributed by atoms with E-state index in [4.69, 9.17) is 0 Å². The molecule has 4 aliphatic rings. The van der Waals surface area contributed by atoms with E-state index in [1.807, 2.05) is 0 Å². The van der Waals surface area contributed by atoms with Crippen LogP contribution in [-0.2, 0) is 0 Å². The summed E-state index contributed by atoms with van der Waals surface area (Å²) in [4.78, 5) is 17.7. The number of carbonyl (C=O) groups is 1. The van der Waals surface area contributed by atoms with E-state index in [1.54, 1.807) is 0 Å². The van der Waals surface area contributed by atoms with Crippen LogP contribution in [0.3, 0.4) is 0 Å². The summed E-state index contributed by atoms with van der Waals surface area (Å²) >= 11 is 2.07. The van der Waals surface area contributed by atoms with Crippen LogP contribution in [0.5, 0.6) is 0 Å². The number of hydrogen-bond acceptors (Lipinski definition) is 4. The number of likely N-dealkylation sites (tertiary alicyclic amines) is 1. The van der Waals surface area contributed by atoms with Crippen molar-refractivity contribution in [3.8, 4) is 0 Å². The predicted octanol–water partition coefficient (Wildman–Crippen LogP) is 2.27. The average Bonchev–Trinajstić information content (AvgIpc) is 3.39. The molecule has 2 saturated heterocycles. The van der Waals surface area contributed by atoms with Crippen molar-refractivity contribution in [2.75, 3.05) is 44.2 Å². The van der Waals surface area contributed by atoms with Crippen LogP contribution < -0.4 is 10.6 Å². The van der Waals surface area contributed by atoms with Gasteiger partial charge < -0.3 is 15.5 Å². The first kappa shape index (κ1) is 17.9. The molecule has 0 unspecified atom stereocenters. The highest BCUT2D eigenvalue weighted by molar-refractivity contribution is 7.99. The van der Waals surface area contributed by atoms with Crippen molar-refractivity contribution >= 4 is 17.8 Å². The van der Waals surface area contributed by atoms with Gasteiger partial charge in [-0.15, -0.1) is 0 Å². The van der Waals surface area contributed by atoms with Crippen molar-refractivity contribution in [1.29, 1.82) is 0 Å². The molecule has 0 radical (unpaired) electrons. The molecular formula is C19H34N4OS. The zero-order chi connectivity index (χ0) is 17.1. The molecule has 6 heteroatoms. The van der Waals surface area contributed by atoms with Gasteiger partial charge in [0.2, 0.25) is 0 Å². The molecule has 2 N–H and O–H groups in total. The Kier molecular flexibility index (Phi) is 5.77. The second-order valence-corrected chi connectivity index (χ2v) is 9.62. The van der Waals surface area contributed by atoms with Gasteiger partial charge in [-0.25, -0.2) is 4.79 Å². The van der Waals surface area contributed by atoms with Gasteiger partial charge in [0.1, 0.15) is 0 Å². The molecule has 0 aromatic carbocycles. The first-order valence-corrected chi connectivity index (χ1v) is 11.5. The van der Waals surface area contributed by atoms with Crippen molar-refractivity contribution in [3.05, 3.63) is 0 Å². The molecule has 4 fully saturated rings. The fraction of sp³-hybridized carbons (Fsp3) is 0.947. The molecule has 2 aliphatic carbocycles. The molecule has 2 aliphatic heterocycles. The lowest BCUT2D eigenvalue weighted by molar-refractivity contribution is 0.104. The quantitative estimate of drug-likeness (QED) is 0.784. The maximum Gasteiger partial charge on any atom is 0.315 e. The number of nitrogens with zero attached hydrogens (tertiary/aromatic N) is 2. The second kappa shape index (κ2) is 8.05. The minimum Gasteiger partial charge on any atom is -0.336 e. The zero-order valence-electron chi connectivity index (χ0n) is 15.5. The van der Waals surface area contributed by atoms with E-state index >= 15 is 0 Å². The van der Waals surface area contributed by atoms with Gasteiger partial charge in [0.15, 0.2) is 0 Å². The number of amides is 2. The molecule has 0 atom stereocenters. The highest BCUT2D eigenvalue weighted by atomic mass is 32.2. The van der Waals surface area contributed by atoms with E-state index in [0.717, 1.165) is 38.5 Å². The number of rotatable bonds is 5. The Hall–Kier alpha value is -0.460. The Balaban J connectivity index is 1.23. The van der Waals surface area contributed by atoms with Crippen LogP contribution in [-0.4, -0.2) is 77.7 Å². The standard InChI is InChI=1S/C19H34N4OS/c24-18(21-16-5-9-22(10-6-16)17-3-4-17)20-15-19(7-1-2-8-19)23-11-13-25-14-12-23/h16-17H,1-15H2,(H2,20,21,24). The highest BCUT2D eigenvalue weighted by Gasteiger charge is 2.40. The van der Waals surface area contributed by atoms with E-state index in [1.165, 1.54) is 63.1 Å². The minimum absolute atomic E-state index is 0.0579. The lowest BCUT2D eigenvalue weighted by atomic mass is 9.94. The molecule has 0 aromatic heterocycles. The lowest BCUT2D eigenvalue weighted by Crippen LogP contribution is -2.58. The molecule has 2 heterocycles. The van der Waals surface area contributed by atoms with Crippen molar-refractivity contribution in [2.45, 2.75) is 69.0 Å². The maximum atomic E-state index is 12.5. The second-order valence-electron chi connectivity index (χ2n) is 8.40. The highest BCUT2D eigenvalue weighted by Crippen LogP contribution is 2.36. The Morgan fingerprint density at radius 3 is 2.32 bits per heavy atom. The molecule has 0 spiro atoms. The van der Waals surface area contributed by atoms with E-state index in [-0.39, 0.29) is 11.6 Å². The first-order valence-electron chi connectivity index (χ1n) is 10.4.